The Hall–Kier alpha value is -1.13. The number of likely N-dealkylation sites (tertiary alicyclic amines) is 1. The highest BCUT2D eigenvalue weighted by atomic mass is 15.2. The van der Waals surface area contributed by atoms with Gasteiger partial charge in [-0.2, -0.15) is 0 Å². The van der Waals surface area contributed by atoms with Crippen LogP contribution in [0.25, 0.3) is 0 Å². The van der Waals surface area contributed by atoms with E-state index in [1.165, 1.54) is 82.5 Å². The monoisotopic (exact) mass is 314 g/mol. The van der Waals surface area contributed by atoms with Crippen LogP contribution in [-0.4, -0.2) is 48.1 Å². The van der Waals surface area contributed by atoms with E-state index in [0.29, 0.717) is 6.04 Å². The van der Waals surface area contributed by atoms with Crippen LogP contribution in [0.1, 0.15) is 50.5 Å². The van der Waals surface area contributed by atoms with E-state index in [0.717, 1.165) is 12.6 Å². The SMILES string of the molecule is c1cc(CN[C@H]2CCN(C3CC3)C2)cc(N2CCCCCC2)n1. The highest BCUT2D eigenvalue weighted by Gasteiger charge is 2.34. The Bertz CT molecular complexity index is 506. The highest BCUT2D eigenvalue weighted by Crippen LogP contribution is 2.29. The van der Waals surface area contributed by atoms with E-state index in [4.69, 9.17) is 0 Å². The van der Waals surface area contributed by atoms with Crippen LogP contribution in [0.15, 0.2) is 18.3 Å². The number of hydrogen-bond acceptors (Lipinski definition) is 4. The van der Waals surface area contributed by atoms with Crippen LogP contribution >= 0.6 is 0 Å². The fourth-order valence-electron chi connectivity index (χ4n) is 4.03. The zero-order valence-electron chi connectivity index (χ0n) is 14.2. The third kappa shape index (κ3) is 4.04. The Balaban J connectivity index is 1.31. The molecule has 4 heteroatoms. The van der Waals surface area contributed by atoms with E-state index in [1.807, 2.05) is 6.20 Å². The van der Waals surface area contributed by atoms with Crippen LogP contribution in [0.3, 0.4) is 0 Å². The number of rotatable bonds is 5. The molecule has 126 valence electrons. The molecule has 3 heterocycles. The van der Waals surface area contributed by atoms with E-state index >= 15 is 0 Å². The molecule has 2 saturated heterocycles. The first-order valence-electron chi connectivity index (χ1n) is 9.56. The Morgan fingerprint density at radius 2 is 1.87 bits per heavy atom. The number of hydrogen-bond donors (Lipinski definition) is 1. The summed E-state index contributed by atoms with van der Waals surface area (Å²) in [6.07, 6.45) is 11.5. The summed E-state index contributed by atoms with van der Waals surface area (Å²) in [6.45, 7) is 5.85. The molecule has 0 aromatic carbocycles. The van der Waals surface area contributed by atoms with Crippen LogP contribution in [0.5, 0.6) is 0 Å². The third-order valence-electron chi connectivity index (χ3n) is 5.62. The van der Waals surface area contributed by atoms with Crippen LogP contribution in [0.4, 0.5) is 5.82 Å². The molecule has 0 amide bonds. The predicted octanol–water partition coefficient (Wildman–Crippen LogP) is 2.79. The summed E-state index contributed by atoms with van der Waals surface area (Å²) in [5.41, 5.74) is 1.38. The first-order valence-corrected chi connectivity index (χ1v) is 9.56. The normalized spacial score (nSPS) is 26.4. The van der Waals surface area contributed by atoms with E-state index in [9.17, 15) is 0 Å². The lowest BCUT2D eigenvalue weighted by Gasteiger charge is -2.22. The Labute approximate surface area is 140 Å². The molecule has 0 spiro atoms. The fraction of sp³-hybridized carbons (Fsp3) is 0.737. The highest BCUT2D eigenvalue weighted by molar-refractivity contribution is 5.41. The molecule has 0 unspecified atom stereocenters. The van der Waals surface area contributed by atoms with Gasteiger partial charge < -0.3 is 10.2 Å². The Morgan fingerprint density at radius 3 is 2.65 bits per heavy atom. The first-order chi connectivity index (χ1) is 11.4. The first kappa shape index (κ1) is 15.4. The second kappa shape index (κ2) is 7.18. The average molecular weight is 314 g/mol. The van der Waals surface area contributed by atoms with E-state index in [-0.39, 0.29) is 0 Å². The maximum Gasteiger partial charge on any atom is 0.128 e. The van der Waals surface area contributed by atoms with Crippen LogP contribution < -0.4 is 10.2 Å². The Kier molecular flexibility index (Phi) is 4.81. The number of nitrogens with one attached hydrogen (secondary N) is 1. The second-order valence-electron chi connectivity index (χ2n) is 7.52. The van der Waals surface area contributed by atoms with Gasteiger partial charge in [-0.25, -0.2) is 4.98 Å². The van der Waals surface area contributed by atoms with Gasteiger partial charge in [0.2, 0.25) is 0 Å². The summed E-state index contributed by atoms with van der Waals surface area (Å²) < 4.78 is 0. The van der Waals surface area contributed by atoms with Crippen molar-refractivity contribution in [1.29, 1.82) is 0 Å². The minimum atomic E-state index is 0.672. The largest absolute Gasteiger partial charge is 0.357 e. The lowest BCUT2D eigenvalue weighted by atomic mass is 10.2. The zero-order chi connectivity index (χ0) is 15.5. The molecule has 1 aliphatic carbocycles. The smallest absolute Gasteiger partial charge is 0.128 e. The Morgan fingerprint density at radius 1 is 1.04 bits per heavy atom. The van der Waals surface area contributed by atoms with Crippen molar-refractivity contribution in [1.82, 2.24) is 15.2 Å². The van der Waals surface area contributed by atoms with Crippen molar-refractivity contribution in [3.63, 3.8) is 0 Å². The van der Waals surface area contributed by atoms with E-state index in [2.05, 4.69) is 32.2 Å². The minimum absolute atomic E-state index is 0.672. The molecule has 2 aliphatic heterocycles. The molecule has 3 fully saturated rings. The lowest BCUT2D eigenvalue weighted by molar-refractivity contribution is 0.317. The summed E-state index contributed by atoms with van der Waals surface area (Å²) in [7, 11) is 0. The van der Waals surface area contributed by atoms with Gasteiger partial charge in [0, 0.05) is 51.0 Å². The van der Waals surface area contributed by atoms with E-state index in [1.54, 1.807) is 0 Å². The lowest BCUT2D eigenvalue weighted by Crippen LogP contribution is -2.33. The summed E-state index contributed by atoms with van der Waals surface area (Å²) in [5.74, 6) is 1.18. The van der Waals surface area contributed by atoms with Crippen molar-refractivity contribution in [2.24, 2.45) is 0 Å². The van der Waals surface area contributed by atoms with Gasteiger partial charge >= 0.3 is 0 Å². The van der Waals surface area contributed by atoms with Gasteiger partial charge in [-0.15, -0.1) is 0 Å². The van der Waals surface area contributed by atoms with Crippen molar-refractivity contribution in [3.05, 3.63) is 23.9 Å². The molecule has 1 aromatic rings. The summed E-state index contributed by atoms with van der Waals surface area (Å²) in [4.78, 5) is 9.76. The predicted molar refractivity (Wildman–Crippen MR) is 94.8 cm³/mol. The van der Waals surface area contributed by atoms with Crippen molar-refractivity contribution in [3.8, 4) is 0 Å². The van der Waals surface area contributed by atoms with Crippen LogP contribution in [0.2, 0.25) is 0 Å². The van der Waals surface area contributed by atoms with Crippen molar-refractivity contribution >= 4 is 5.82 Å². The quantitative estimate of drug-likeness (QED) is 0.905. The van der Waals surface area contributed by atoms with Gasteiger partial charge in [0.15, 0.2) is 0 Å². The van der Waals surface area contributed by atoms with Gasteiger partial charge in [0.1, 0.15) is 5.82 Å². The molecule has 4 nitrogen and oxygen atoms in total. The van der Waals surface area contributed by atoms with Gasteiger partial charge in [0.05, 0.1) is 0 Å². The molecule has 1 aromatic heterocycles. The second-order valence-corrected chi connectivity index (χ2v) is 7.52. The van der Waals surface area contributed by atoms with Crippen molar-refractivity contribution in [2.75, 3.05) is 31.1 Å². The number of pyridine rings is 1. The minimum Gasteiger partial charge on any atom is -0.357 e. The standard InChI is InChI=1S/C19H30N4/c1-2-4-11-22(10-3-1)19-13-16(7-9-20-19)14-21-17-8-12-23(15-17)18-5-6-18/h7,9,13,17-18,21H,1-6,8,10-12,14-15H2/t17-/m0/s1. The number of aromatic nitrogens is 1. The van der Waals surface area contributed by atoms with Gasteiger partial charge in [-0.1, -0.05) is 12.8 Å². The van der Waals surface area contributed by atoms with E-state index < -0.39 is 0 Å². The summed E-state index contributed by atoms with van der Waals surface area (Å²) in [6, 6.07) is 6.05. The molecular formula is C19H30N4. The molecule has 1 atom stereocenters. The summed E-state index contributed by atoms with van der Waals surface area (Å²) >= 11 is 0. The molecule has 0 radical (unpaired) electrons. The van der Waals surface area contributed by atoms with Crippen LogP contribution in [0, 0.1) is 0 Å². The zero-order valence-corrected chi connectivity index (χ0v) is 14.2. The molecule has 23 heavy (non-hydrogen) atoms. The molecular weight excluding hydrogens is 284 g/mol. The molecule has 1 saturated carbocycles. The molecule has 3 aliphatic rings. The molecule has 0 bridgehead atoms. The number of nitrogens with zero attached hydrogens (tertiary/aromatic N) is 3. The maximum absolute atomic E-state index is 4.62. The third-order valence-corrected chi connectivity index (χ3v) is 5.62. The van der Waals surface area contributed by atoms with Crippen molar-refractivity contribution in [2.45, 2.75) is 63.6 Å². The maximum atomic E-state index is 4.62. The van der Waals surface area contributed by atoms with Gasteiger partial charge in [0.25, 0.3) is 0 Å². The topological polar surface area (TPSA) is 31.4 Å². The molecule has 1 N–H and O–H groups in total. The van der Waals surface area contributed by atoms with Crippen LogP contribution in [-0.2, 0) is 6.54 Å². The average Bonchev–Trinajstić information content (AvgIpc) is 3.38. The molecule has 4 rings (SSSR count). The number of anilines is 1. The van der Waals surface area contributed by atoms with Crippen molar-refractivity contribution < 1.29 is 0 Å². The van der Waals surface area contributed by atoms with Gasteiger partial charge in [-0.05, 0) is 49.8 Å². The summed E-state index contributed by atoms with van der Waals surface area (Å²) in [5, 5.41) is 3.77. The fourth-order valence-corrected chi connectivity index (χ4v) is 4.03. The van der Waals surface area contributed by atoms with Gasteiger partial charge in [-0.3, -0.25) is 4.90 Å².